The van der Waals surface area contributed by atoms with Gasteiger partial charge in [-0.15, -0.1) is 0 Å². The summed E-state index contributed by atoms with van der Waals surface area (Å²) in [5, 5.41) is 0. The van der Waals surface area contributed by atoms with Crippen molar-refractivity contribution >= 4 is 17.5 Å². The molecule has 0 atom stereocenters. The van der Waals surface area contributed by atoms with Gasteiger partial charge < -0.3 is 9.80 Å². The van der Waals surface area contributed by atoms with Crippen LogP contribution in [0.25, 0.3) is 0 Å². The molecule has 1 aromatic heterocycles. The maximum Gasteiger partial charge on any atom is 0.272 e. The topological polar surface area (TPSA) is 53.5 Å². The van der Waals surface area contributed by atoms with E-state index >= 15 is 0 Å². The molecule has 0 N–H and O–H groups in total. The number of hydrogen-bond acceptors (Lipinski definition) is 3. The summed E-state index contributed by atoms with van der Waals surface area (Å²) >= 11 is 0. The van der Waals surface area contributed by atoms with E-state index in [1.165, 1.54) is 6.20 Å². The van der Waals surface area contributed by atoms with Crippen LogP contribution < -0.4 is 4.90 Å². The Morgan fingerprint density at radius 3 is 2.07 bits per heavy atom. The minimum atomic E-state index is -0.170. The molecular weight excluding hydrogens is 362 g/mol. The highest BCUT2D eigenvalue weighted by Crippen LogP contribution is 2.20. The second-order valence-electron chi connectivity index (χ2n) is 6.62. The Labute approximate surface area is 171 Å². The molecule has 1 heterocycles. The molecule has 0 radical (unpaired) electrons. The fourth-order valence-electron chi connectivity index (χ4n) is 3.16. The standard InChI is InChI=1S/C24H25N3O2/c1-3-26(4-2)24(29)22-17-20(15-16-25-22)23(28)27(21-13-9-6-10-14-21)18-19-11-7-5-8-12-19/h5-17H,3-4,18H2,1-2H3. The van der Waals surface area contributed by atoms with Crippen molar-refractivity contribution in [1.29, 1.82) is 0 Å². The first-order chi connectivity index (χ1) is 14.1. The first-order valence-electron chi connectivity index (χ1n) is 9.80. The van der Waals surface area contributed by atoms with E-state index in [1.807, 2.05) is 74.5 Å². The summed E-state index contributed by atoms with van der Waals surface area (Å²) in [4.78, 5) is 33.7. The molecule has 0 spiro atoms. The van der Waals surface area contributed by atoms with E-state index in [1.54, 1.807) is 21.9 Å². The van der Waals surface area contributed by atoms with Gasteiger partial charge in [-0.05, 0) is 43.7 Å². The predicted octanol–water partition coefficient (Wildman–Crippen LogP) is 4.41. The van der Waals surface area contributed by atoms with Crippen molar-refractivity contribution in [1.82, 2.24) is 9.88 Å². The highest BCUT2D eigenvalue weighted by Gasteiger charge is 2.21. The molecule has 5 nitrogen and oxygen atoms in total. The molecule has 148 valence electrons. The van der Waals surface area contributed by atoms with Gasteiger partial charge in [-0.3, -0.25) is 14.6 Å². The van der Waals surface area contributed by atoms with Crippen molar-refractivity contribution in [3.05, 3.63) is 95.8 Å². The second kappa shape index (κ2) is 9.64. The fourth-order valence-corrected chi connectivity index (χ4v) is 3.16. The Morgan fingerprint density at radius 2 is 1.45 bits per heavy atom. The van der Waals surface area contributed by atoms with Crippen LogP contribution in [-0.4, -0.2) is 34.8 Å². The molecule has 0 saturated carbocycles. The van der Waals surface area contributed by atoms with Crippen molar-refractivity contribution in [2.75, 3.05) is 18.0 Å². The normalized spacial score (nSPS) is 10.4. The number of hydrogen-bond donors (Lipinski definition) is 0. The number of nitrogens with zero attached hydrogens (tertiary/aromatic N) is 3. The Kier molecular flexibility index (Phi) is 6.74. The average Bonchev–Trinajstić information content (AvgIpc) is 2.79. The lowest BCUT2D eigenvalue weighted by atomic mass is 10.1. The van der Waals surface area contributed by atoms with Crippen LogP contribution in [0, 0.1) is 0 Å². The third-order valence-corrected chi connectivity index (χ3v) is 4.77. The van der Waals surface area contributed by atoms with E-state index in [4.69, 9.17) is 0 Å². The van der Waals surface area contributed by atoms with Gasteiger partial charge in [-0.1, -0.05) is 48.5 Å². The van der Waals surface area contributed by atoms with Gasteiger partial charge in [-0.25, -0.2) is 0 Å². The maximum absolute atomic E-state index is 13.4. The van der Waals surface area contributed by atoms with E-state index in [2.05, 4.69) is 4.98 Å². The Hall–Kier alpha value is -3.47. The van der Waals surface area contributed by atoms with Crippen LogP contribution in [0.15, 0.2) is 79.0 Å². The quantitative estimate of drug-likeness (QED) is 0.603. The first-order valence-corrected chi connectivity index (χ1v) is 9.80. The van der Waals surface area contributed by atoms with Crippen LogP contribution in [-0.2, 0) is 6.54 Å². The lowest BCUT2D eigenvalue weighted by Gasteiger charge is -2.24. The zero-order chi connectivity index (χ0) is 20.6. The molecular formula is C24H25N3O2. The summed E-state index contributed by atoms with van der Waals surface area (Å²) in [5.41, 5.74) is 2.55. The molecule has 3 aromatic rings. The van der Waals surface area contributed by atoms with Crippen LogP contribution in [0.5, 0.6) is 0 Å². The minimum Gasteiger partial charge on any atom is -0.338 e. The van der Waals surface area contributed by atoms with Gasteiger partial charge in [0.05, 0.1) is 6.54 Å². The van der Waals surface area contributed by atoms with Gasteiger partial charge in [0.2, 0.25) is 0 Å². The van der Waals surface area contributed by atoms with Crippen molar-refractivity contribution in [3.63, 3.8) is 0 Å². The largest absolute Gasteiger partial charge is 0.338 e. The van der Waals surface area contributed by atoms with Crippen LogP contribution in [0.2, 0.25) is 0 Å². The van der Waals surface area contributed by atoms with E-state index < -0.39 is 0 Å². The summed E-state index contributed by atoms with van der Waals surface area (Å²) < 4.78 is 0. The molecule has 0 aliphatic rings. The van der Waals surface area contributed by atoms with E-state index in [0.717, 1.165) is 11.3 Å². The Morgan fingerprint density at radius 1 is 0.828 bits per heavy atom. The van der Waals surface area contributed by atoms with Crippen LogP contribution in [0.3, 0.4) is 0 Å². The highest BCUT2D eigenvalue weighted by molar-refractivity contribution is 6.07. The monoisotopic (exact) mass is 387 g/mol. The number of aromatic nitrogens is 1. The molecule has 0 aliphatic heterocycles. The highest BCUT2D eigenvalue weighted by atomic mass is 16.2. The number of carbonyl (C=O) groups is 2. The molecule has 2 aromatic carbocycles. The predicted molar refractivity (Wildman–Crippen MR) is 115 cm³/mol. The zero-order valence-electron chi connectivity index (χ0n) is 16.8. The Bertz CT molecular complexity index is 954. The molecule has 0 unspecified atom stereocenters. The van der Waals surface area contributed by atoms with Gasteiger partial charge in [0.1, 0.15) is 5.69 Å². The molecule has 0 bridgehead atoms. The van der Waals surface area contributed by atoms with Crippen LogP contribution >= 0.6 is 0 Å². The molecule has 29 heavy (non-hydrogen) atoms. The SMILES string of the molecule is CCN(CC)C(=O)c1cc(C(=O)N(Cc2ccccc2)c2ccccc2)ccn1. The summed E-state index contributed by atoms with van der Waals surface area (Å²) in [6, 6.07) is 22.6. The fraction of sp³-hybridized carbons (Fsp3) is 0.208. The van der Waals surface area contributed by atoms with Crippen molar-refractivity contribution in [3.8, 4) is 0 Å². The number of carbonyl (C=O) groups excluding carboxylic acids is 2. The number of benzene rings is 2. The number of para-hydroxylation sites is 1. The smallest absolute Gasteiger partial charge is 0.272 e. The van der Waals surface area contributed by atoms with Gasteiger partial charge in [0.25, 0.3) is 11.8 Å². The summed E-state index contributed by atoms with van der Waals surface area (Å²) in [6.45, 7) is 5.48. The number of rotatable bonds is 7. The third-order valence-electron chi connectivity index (χ3n) is 4.77. The van der Waals surface area contributed by atoms with Gasteiger partial charge >= 0.3 is 0 Å². The molecule has 2 amide bonds. The molecule has 0 aliphatic carbocycles. The van der Waals surface area contributed by atoms with Gasteiger partial charge in [-0.2, -0.15) is 0 Å². The van der Waals surface area contributed by atoms with Crippen LogP contribution in [0.1, 0.15) is 40.3 Å². The van der Waals surface area contributed by atoms with Crippen LogP contribution in [0.4, 0.5) is 5.69 Å². The van der Waals surface area contributed by atoms with E-state index in [0.29, 0.717) is 25.2 Å². The molecule has 0 saturated heterocycles. The zero-order valence-corrected chi connectivity index (χ0v) is 16.8. The number of pyridine rings is 1. The summed E-state index contributed by atoms with van der Waals surface area (Å²) in [6.07, 6.45) is 1.52. The maximum atomic E-state index is 13.4. The third kappa shape index (κ3) is 4.88. The summed E-state index contributed by atoms with van der Waals surface area (Å²) in [7, 11) is 0. The lowest BCUT2D eigenvalue weighted by molar-refractivity contribution is 0.0767. The molecule has 5 heteroatoms. The Balaban J connectivity index is 1.94. The minimum absolute atomic E-state index is 0.168. The average molecular weight is 387 g/mol. The van der Waals surface area contributed by atoms with Crippen molar-refractivity contribution in [2.45, 2.75) is 20.4 Å². The molecule has 3 rings (SSSR count). The molecule has 0 fully saturated rings. The van der Waals surface area contributed by atoms with E-state index in [9.17, 15) is 9.59 Å². The van der Waals surface area contributed by atoms with E-state index in [-0.39, 0.29) is 17.5 Å². The van der Waals surface area contributed by atoms with Crippen molar-refractivity contribution in [2.24, 2.45) is 0 Å². The first kappa shape index (κ1) is 20.3. The number of anilines is 1. The van der Waals surface area contributed by atoms with Crippen molar-refractivity contribution < 1.29 is 9.59 Å². The number of amides is 2. The van der Waals surface area contributed by atoms with Gasteiger partial charge in [0, 0.05) is 30.5 Å². The lowest BCUT2D eigenvalue weighted by Crippen LogP contribution is -2.32. The second-order valence-corrected chi connectivity index (χ2v) is 6.62. The summed E-state index contributed by atoms with van der Waals surface area (Å²) in [5.74, 6) is -0.338. The van der Waals surface area contributed by atoms with Gasteiger partial charge in [0.15, 0.2) is 0 Å².